The number of carbonyl (C=O) groups excluding carboxylic acids is 1. The molecule has 1 amide bonds. The van der Waals surface area contributed by atoms with E-state index in [-0.39, 0.29) is 11.5 Å². The van der Waals surface area contributed by atoms with Crippen LogP contribution in [0.4, 0.5) is 13.2 Å². The number of carbonyl (C=O) groups is 1. The van der Waals surface area contributed by atoms with Crippen molar-refractivity contribution in [3.63, 3.8) is 0 Å². The predicted molar refractivity (Wildman–Crippen MR) is 66.7 cm³/mol. The van der Waals surface area contributed by atoms with E-state index in [4.69, 9.17) is 5.73 Å². The van der Waals surface area contributed by atoms with Crippen molar-refractivity contribution in [3.05, 3.63) is 35.4 Å². The molecule has 19 heavy (non-hydrogen) atoms. The molecule has 0 aliphatic rings. The number of nitrogens with zero attached hydrogens (tertiary/aromatic N) is 1. The average molecular weight is 274 g/mol. The molecule has 0 aliphatic carbocycles. The fourth-order valence-corrected chi connectivity index (χ4v) is 1.72. The van der Waals surface area contributed by atoms with Crippen LogP contribution < -0.4 is 5.73 Å². The molecule has 0 aromatic heterocycles. The monoisotopic (exact) mass is 274 g/mol. The van der Waals surface area contributed by atoms with E-state index >= 15 is 0 Å². The zero-order valence-corrected chi connectivity index (χ0v) is 10.9. The fourth-order valence-electron chi connectivity index (χ4n) is 1.72. The van der Waals surface area contributed by atoms with Crippen LogP contribution in [0.15, 0.2) is 24.3 Å². The van der Waals surface area contributed by atoms with Crippen molar-refractivity contribution in [2.45, 2.75) is 26.1 Å². The van der Waals surface area contributed by atoms with Crippen molar-refractivity contribution >= 4 is 5.91 Å². The molecule has 1 rings (SSSR count). The van der Waals surface area contributed by atoms with Crippen molar-refractivity contribution in [1.82, 2.24) is 4.90 Å². The molecule has 0 bridgehead atoms. The normalized spacial score (nSPS) is 13.2. The second-order valence-electron chi connectivity index (χ2n) is 4.12. The quantitative estimate of drug-likeness (QED) is 0.917. The molecule has 0 aliphatic heterocycles. The van der Waals surface area contributed by atoms with Crippen LogP contribution in [0.2, 0.25) is 0 Å². The van der Waals surface area contributed by atoms with Gasteiger partial charge in [0.05, 0.1) is 0 Å². The summed E-state index contributed by atoms with van der Waals surface area (Å²) < 4.78 is 37.3. The van der Waals surface area contributed by atoms with Gasteiger partial charge in [0.1, 0.15) is 6.04 Å². The topological polar surface area (TPSA) is 46.3 Å². The van der Waals surface area contributed by atoms with Crippen LogP contribution in [0.1, 0.15) is 35.8 Å². The second kappa shape index (κ2) is 6.06. The van der Waals surface area contributed by atoms with Gasteiger partial charge < -0.3 is 10.6 Å². The van der Waals surface area contributed by atoms with Gasteiger partial charge in [-0.3, -0.25) is 4.79 Å². The molecule has 6 heteroatoms. The van der Waals surface area contributed by atoms with E-state index in [1.54, 1.807) is 4.90 Å². The molecule has 0 saturated heterocycles. The Labute approximate surface area is 110 Å². The van der Waals surface area contributed by atoms with Crippen molar-refractivity contribution in [2.75, 3.05) is 13.1 Å². The lowest BCUT2D eigenvalue weighted by atomic mass is 10.0. The summed E-state index contributed by atoms with van der Waals surface area (Å²) in [6, 6.07) is 3.22. The van der Waals surface area contributed by atoms with Crippen molar-refractivity contribution < 1.29 is 18.0 Å². The molecule has 0 unspecified atom stereocenters. The molecule has 0 saturated carbocycles. The van der Waals surface area contributed by atoms with E-state index in [2.05, 4.69) is 0 Å². The Kier molecular flexibility index (Phi) is 4.94. The fraction of sp³-hybridized carbons (Fsp3) is 0.462. The molecule has 106 valence electrons. The molecule has 3 nitrogen and oxygen atoms in total. The lowest BCUT2D eigenvalue weighted by molar-refractivity contribution is -0.149. The molecule has 2 N–H and O–H groups in total. The first-order valence-corrected chi connectivity index (χ1v) is 6.02. The van der Waals surface area contributed by atoms with Crippen LogP contribution in [0.3, 0.4) is 0 Å². The minimum Gasteiger partial charge on any atom is -0.339 e. The van der Waals surface area contributed by atoms with Crippen LogP contribution >= 0.6 is 0 Å². The summed E-state index contributed by atoms with van der Waals surface area (Å²) in [6.07, 6.45) is -4.48. The minimum atomic E-state index is -4.48. The first-order chi connectivity index (χ1) is 8.81. The van der Waals surface area contributed by atoms with Gasteiger partial charge in [0, 0.05) is 18.7 Å². The maximum atomic E-state index is 12.4. The first kappa shape index (κ1) is 15.5. The Morgan fingerprint density at radius 2 is 1.68 bits per heavy atom. The molecular formula is C13H17F3N2O. The summed E-state index contributed by atoms with van der Waals surface area (Å²) in [5.74, 6) is -0.197. The molecule has 0 fully saturated rings. The van der Waals surface area contributed by atoms with E-state index in [1.807, 2.05) is 13.8 Å². The van der Waals surface area contributed by atoms with Crippen molar-refractivity contribution in [2.24, 2.45) is 5.73 Å². The van der Waals surface area contributed by atoms with Crippen LogP contribution in [0, 0.1) is 0 Å². The van der Waals surface area contributed by atoms with Gasteiger partial charge in [0.25, 0.3) is 5.91 Å². The Balaban J connectivity index is 2.91. The van der Waals surface area contributed by atoms with Gasteiger partial charge in [-0.05, 0) is 31.5 Å². The summed E-state index contributed by atoms with van der Waals surface area (Å²) >= 11 is 0. The van der Waals surface area contributed by atoms with Gasteiger partial charge in [-0.1, -0.05) is 12.1 Å². The summed E-state index contributed by atoms with van der Waals surface area (Å²) in [7, 11) is 0. The summed E-state index contributed by atoms with van der Waals surface area (Å²) in [4.78, 5) is 13.6. The lowest BCUT2D eigenvalue weighted by Crippen LogP contribution is -2.31. The van der Waals surface area contributed by atoms with Gasteiger partial charge in [-0.25, -0.2) is 0 Å². The predicted octanol–water partition coefficient (Wildman–Crippen LogP) is 2.73. The number of hydrogen-bond donors (Lipinski definition) is 1. The van der Waals surface area contributed by atoms with Crippen LogP contribution in [0.5, 0.6) is 0 Å². The Hall–Kier alpha value is -1.56. The third-order valence-corrected chi connectivity index (χ3v) is 2.92. The van der Waals surface area contributed by atoms with E-state index in [0.717, 1.165) is 0 Å². The first-order valence-electron chi connectivity index (χ1n) is 6.02. The van der Waals surface area contributed by atoms with Crippen molar-refractivity contribution in [3.8, 4) is 0 Å². The minimum absolute atomic E-state index is 0.0522. The SMILES string of the molecule is CCN(CC)C(=O)c1ccc([C@H](N)C(F)(F)F)cc1. The highest BCUT2D eigenvalue weighted by atomic mass is 19.4. The van der Waals surface area contributed by atoms with Gasteiger partial charge >= 0.3 is 6.18 Å². The Bertz CT molecular complexity index is 425. The largest absolute Gasteiger partial charge is 0.407 e. The zero-order valence-electron chi connectivity index (χ0n) is 10.9. The van der Waals surface area contributed by atoms with Crippen LogP contribution in [-0.4, -0.2) is 30.1 Å². The summed E-state index contributed by atoms with van der Waals surface area (Å²) in [6.45, 7) is 4.79. The standard InChI is InChI=1S/C13H17F3N2O/c1-3-18(4-2)12(19)10-7-5-9(6-8-10)11(17)13(14,15)16/h5-8,11H,3-4,17H2,1-2H3/t11-/m0/s1. The number of benzene rings is 1. The van der Waals surface area contributed by atoms with Gasteiger partial charge in [-0.15, -0.1) is 0 Å². The average Bonchev–Trinajstić information content (AvgIpc) is 2.38. The van der Waals surface area contributed by atoms with Crippen LogP contribution in [-0.2, 0) is 0 Å². The summed E-state index contributed by atoms with van der Waals surface area (Å²) in [5.41, 5.74) is 5.40. The number of hydrogen-bond acceptors (Lipinski definition) is 2. The number of nitrogens with two attached hydrogens (primary N) is 1. The maximum Gasteiger partial charge on any atom is 0.407 e. The van der Waals surface area contributed by atoms with Gasteiger partial charge in [0.15, 0.2) is 0 Å². The number of rotatable bonds is 4. The highest BCUT2D eigenvalue weighted by molar-refractivity contribution is 5.94. The maximum absolute atomic E-state index is 12.4. The smallest absolute Gasteiger partial charge is 0.339 e. The molecule has 1 aromatic carbocycles. The second-order valence-corrected chi connectivity index (χ2v) is 4.12. The molecule has 0 spiro atoms. The number of amides is 1. The third kappa shape index (κ3) is 3.70. The highest BCUT2D eigenvalue weighted by Gasteiger charge is 2.37. The van der Waals surface area contributed by atoms with Crippen LogP contribution in [0.25, 0.3) is 0 Å². The van der Waals surface area contributed by atoms with Gasteiger partial charge in [-0.2, -0.15) is 13.2 Å². The Morgan fingerprint density at radius 3 is 2.05 bits per heavy atom. The molecular weight excluding hydrogens is 257 g/mol. The van der Waals surface area contributed by atoms with E-state index < -0.39 is 12.2 Å². The zero-order chi connectivity index (χ0) is 14.6. The van der Waals surface area contributed by atoms with Crippen molar-refractivity contribution in [1.29, 1.82) is 0 Å². The highest BCUT2D eigenvalue weighted by Crippen LogP contribution is 2.30. The molecule has 1 aromatic rings. The molecule has 0 heterocycles. The third-order valence-electron chi connectivity index (χ3n) is 2.92. The molecule has 0 radical (unpaired) electrons. The Morgan fingerprint density at radius 1 is 1.21 bits per heavy atom. The molecule has 1 atom stereocenters. The van der Waals surface area contributed by atoms with E-state index in [9.17, 15) is 18.0 Å². The van der Waals surface area contributed by atoms with E-state index in [0.29, 0.717) is 18.7 Å². The van der Waals surface area contributed by atoms with Gasteiger partial charge in [0.2, 0.25) is 0 Å². The number of alkyl halides is 3. The lowest BCUT2D eigenvalue weighted by Gasteiger charge is -2.19. The number of halogens is 3. The summed E-state index contributed by atoms with van der Waals surface area (Å²) in [5, 5.41) is 0. The van der Waals surface area contributed by atoms with E-state index in [1.165, 1.54) is 24.3 Å².